The molecule has 0 spiro atoms. The van der Waals surface area contributed by atoms with Gasteiger partial charge in [0.1, 0.15) is 11.2 Å². The fraction of sp³-hybridized carbons (Fsp3) is 0. The van der Waals surface area contributed by atoms with Crippen LogP contribution in [0.3, 0.4) is 0 Å². The van der Waals surface area contributed by atoms with Crippen LogP contribution < -0.4 is 0 Å². The molecule has 0 atom stereocenters. The molecular weight excluding hydrogens is 152 g/mol. The molecule has 0 rings (SSSR count). The first kappa shape index (κ1) is 6.92. The summed E-state index contributed by atoms with van der Waals surface area (Å²) in [6.45, 7) is 0. The van der Waals surface area contributed by atoms with Crippen molar-refractivity contribution in [1.29, 1.82) is 0 Å². The lowest BCUT2D eigenvalue weighted by Crippen LogP contribution is -1.24. The first-order chi connectivity index (χ1) is 2.77. The van der Waals surface area contributed by atoms with E-state index < -0.39 is 18.9 Å². The van der Waals surface area contributed by atoms with Crippen molar-refractivity contribution in [1.82, 2.24) is 0 Å². The van der Waals surface area contributed by atoms with Crippen LogP contribution in [0.5, 0.6) is 0 Å². The van der Waals surface area contributed by atoms with E-state index in [1.807, 2.05) is 0 Å². The van der Waals surface area contributed by atoms with E-state index in [0.29, 0.717) is 0 Å². The molecule has 6 heavy (non-hydrogen) atoms. The van der Waals surface area contributed by atoms with Crippen molar-refractivity contribution in [3.05, 3.63) is 0 Å². The Balaban J connectivity index is 2.63. The topological polar surface area (TPSA) is 0 Å². The molecule has 0 aliphatic rings. The first-order valence-electron chi connectivity index (χ1n) is 0.842. The summed E-state index contributed by atoms with van der Waals surface area (Å²) in [5, 5.41) is 0. The van der Waals surface area contributed by atoms with Gasteiger partial charge in [-0.05, 0) is 0 Å². The molecule has 0 N–H and O–H groups in total. The third-order valence-electron chi connectivity index (χ3n) is 0.0845. The van der Waals surface area contributed by atoms with Crippen molar-refractivity contribution in [3.8, 4) is 0 Å². The maximum atomic E-state index is 10.8. The van der Waals surface area contributed by atoms with Crippen LogP contribution in [0.4, 0.5) is 12.3 Å². The largest absolute Gasteiger partial charge is 0.340 e. The summed E-state index contributed by atoms with van der Waals surface area (Å²) in [4.78, 5) is 0. The summed E-state index contributed by atoms with van der Waals surface area (Å²) in [7, 11) is -3.13. The Bertz CT molecular complexity index is 30.0. The predicted octanol–water partition coefficient (Wildman–Crippen LogP) is 3.42. The number of hydrogen-bond acceptors (Lipinski definition) is 2. The van der Waals surface area contributed by atoms with Gasteiger partial charge in [-0.3, -0.25) is 0 Å². The van der Waals surface area contributed by atoms with Crippen molar-refractivity contribution in [3.63, 3.8) is 0 Å². The second-order valence-corrected chi connectivity index (χ2v) is 4.01. The minimum Gasteiger partial charge on any atom is -0.175 e. The zero-order valence-electron chi connectivity index (χ0n) is 2.40. The second kappa shape index (κ2) is 4.09. The Labute approximate surface area is 42.3 Å². The van der Waals surface area contributed by atoms with Gasteiger partial charge in [-0.2, -0.15) is 12.3 Å². The van der Waals surface area contributed by atoms with Gasteiger partial charge >= 0.3 is 7.74 Å². The van der Waals surface area contributed by atoms with E-state index in [1.165, 1.54) is 0 Å². The van der Waals surface area contributed by atoms with Gasteiger partial charge in [0.2, 0.25) is 0 Å². The maximum Gasteiger partial charge on any atom is 0.340 e. The molecule has 0 saturated heterocycles. The third-order valence-corrected chi connectivity index (χ3v) is 2.28. The molecular formula is F3PS2. The van der Waals surface area contributed by atoms with Crippen LogP contribution in [0.2, 0.25) is 0 Å². The molecule has 0 unspecified atom stereocenters. The van der Waals surface area contributed by atoms with Crippen LogP contribution in [-0.2, 0) is 0 Å². The highest BCUT2D eigenvalue weighted by Gasteiger charge is 2.03. The summed E-state index contributed by atoms with van der Waals surface area (Å²) in [5.74, 6) is 0. The summed E-state index contributed by atoms with van der Waals surface area (Å²) < 4.78 is 32.3. The molecule has 0 radical (unpaired) electrons. The quantitative estimate of drug-likeness (QED) is 0.439. The minimum absolute atomic E-state index is 0.0324. The van der Waals surface area contributed by atoms with Gasteiger partial charge in [0.05, 0.1) is 0 Å². The summed E-state index contributed by atoms with van der Waals surface area (Å²) >= 11 is -0.395. The van der Waals surface area contributed by atoms with Crippen LogP contribution >= 0.6 is 29.3 Å². The molecule has 0 saturated carbocycles. The van der Waals surface area contributed by atoms with E-state index in [-0.39, 0.29) is 10.4 Å². The SMILES string of the molecule is FSSP(F)F. The average Bonchev–Trinajstić information content (AvgIpc) is 1.35. The Kier molecular flexibility index (Phi) is 4.72. The van der Waals surface area contributed by atoms with E-state index in [4.69, 9.17) is 0 Å². The number of hydrogen-bond donors (Lipinski definition) is 0. The molecule has 0 fully saturated rings. The van der Waals surface area contributed by atoms with Crippen LogP contribution in [0.1, 0.15) is 0 Å². The van der Waals surface area contributed by atoms with E-state index in [1.54, 1.807) is 0 Å². The fourth-order valence-electron chi connectivity index (χ4n) is 0.0213. The van der Waals surface area contributed by atoms with E-state index >= 15 is 0 Å². The van der Waals surface area contributed by atoms with Gasteiger partial charge in [-0.25, -0.2) is 0 Å². The van der Waals surface area contributed by atoms with Crippen LogP contribution in [0.15, 0.2) is 0 Å². The van der Waals surface area contributed by atoms with Crippen molar-refractivity contribution < 1.29 is 12.3 Å². The Hall–Kier alpha value is 0.920. The maximum absolute atomic E-state index is 10.8. The molecule has 0 aromatic heterocycles. The van der Waals surface area contributed by atoms with Crippen molar-refractivity contribution in [2.24, 2.45) is 0 Å². The van der Waals surface area contributed by atoms with Gasteiger partial charge in [0.25, 0.3) is 0 Å². The van der Waals surface area contributed by atoms with E-state index in [0.717, 1.165) is 0 Å². The molecule has 0 aliphatic carbocycles. The van der Waals surface area contributed by atoms with Crippen molar-refractivity contribution >= 4 is 29.3 Å². The lowest BCUT2D eigenvalue weighted by atomic mass is 18.8. The van der Waals surface area contributed by atoms with Gasteiger partial charge < -0.3 is 0 Å². The molecule has 0 aromatic rings. The Morgan fingerprint density at radius 2 is 1.83 bits per heavy atom. The summed E-state index contributed by atoms with van der Waals surface area (Å²) in [6, 6.07) is 0. The Morgan fingerprint density at radius 1 is 1.33 bits per heavy atom. The lowest BCUT2D eigenvalue weighted by molar-refractivity contribution is 0.775. The predicted molar refractivity (Wildman–Crippen MR) is 25.4 cm³/mol. The molecule has 0 aliphatic heterocycles. The van der Waals surface area contributed by atoms with Crippen LogP contribution in [0, 0.1) is 0 Å². The summed E-state index contributed by atoms with van der Waals surface area (Å²) in [5.41, 5.74) is 0. The molecule has 38 valence electrons. The number of halogens is 3. The molecule has 6 heteroatoms. The zero-order valence-corrected chi connectivity index (χ0v) is 4.93. The zero-order chi connectivity index (χ0) is 4.99. The van der Waals surface area contributed by atoms with E-state index in [2.05, 4.69) is 0 Å². The highest BCUT2D eigenvalue weighted by atomic mass is 33.3. The fourth-order valence-corrected chi connectivity index (χ4v) is 0.575. The monoisotopic (exact) mass is 152 g/mol. The smallest absolute Gasteiger partial charge is 0.175 e. The van der Waals surface area contributed by atoms with Gasteiger partial charge in [0.15, 0.2) is 0 Å². The molecule has 0 aromatic carbocycles. The molecule has 0 bridgehead atoms. The first-order valence-corrected chi connectivity index (χ1v) is 4.62. The van der Waals surface area contributed by atoms with Crippen LogP contribution in [-0.4, -0.2) is 0 Å². The second-order valence-electron chi connectivity index (χ2n) is 0.339. The number of rotatable bonds is 2. The Morgan fingerprint density at radius 3 is 1.83 bits per heavy atom. The van der Waals surface area contributed by atoms with Gasteiger partial charge in [0, 0.05) is 10.4 Å². The van der Waals surface area contributed by atoms with Crippen molar-refractivity contribution in [2.45, 2.75) is 0 Å². The van der Waals surface area contributed by atoms with Crippen LogP contribution in [0.25, 0.3) is 0 Å². The van der Waals surface area contributed by atoms with Gasteiger partial charge in [-0.1, -0.05) is 0 Å². The normalized spacial score (nSPS) is 10.0. The summed E-state index contributed by atoms with van der Waals surface area (Å²) in [6.07, 6.45) is 0. The molecule has 0 amide bonds. The lowest BCUT2D eigenvalue weighted by Gasteiger charge is -1.80. The molecule has 0 nitrogen and oxygen atoms in total. The van der Waals surface area contributed by atoms with Crippen molar-refractivity contribution in [2.75, 3.05) is 0 Å². The molecule has 0 heterocycles. The average molecular weight is 152 g/mol. The highest BCUT2D eigenvalue weighted by Crippen LogP contribution is 2.58. The van der Waals surface area contributed by atoms with Gasteiger partial charge in [-0.15, -0.1) is 0 Å². The minimum atomic E-state index is -3.10. The van der Waals surface area contributed by atoms with E-state index in [9.17, 15) is 12.3 Å². The highest BCUT2D eigenvalue weighted by molar-refractivity contribution is 8.96. The third kappa shape index (κ3) is 4.92. The standard InChI is InChI=1S/F3PS2/c1-4(2)6-5-3.